The van der Waals surface area contributed by atoms with E-state index < -0.39 is 6.16 Å². The van der Waals surface area contributed by atoms with Gasteiger partial charge in [-0.1, -0.05) is 0 Å². The number of hydrogen-bond acceptors (Lipinski definition) is 3. The van der Waals surface area contributed by atoms with E-state index in [0.717, 1.165) is 6.26 Å². The molecule has 8 heavy (non-hydrogen) atoms. The van der Waals surface area contributed by atoms with Gasteiger partial charge in [0.15, 0.2) is 0 Å². The predicted molar refractivity (Wildman–Crippen MR) is 19.3 cm³/mol. The van der Waals surface area contributed by atoms with Crippen molar-refractivity contribution >= 4 is 6.16 Å². The second kappa shape index (κ2) is 15.7. The van der Waals surface area contributed by atoms with Crippen LogP contribution in [-0.4, -0.2) is 21.5 Å². The van der Waals surface area contributed by atoms with Gasteiger partial charge in [-0.05, 0) is 0 Å². The molecular formula is C2H4KNO4. The molecule has 0 aliphatic rings. The molecule has 0 atom stereocenters. The number of rotatable bonds is 0. The van der Waals surface area contributed by atoms with Crippen LogP contribution in [0.4, 0.5) is 4.79 Å². The molecule has 0 saturated carbocycles. The first-order valence-corrected chi connectivity index (χ1v) is 1.10. The number of aliphatic hydroxyl groups is 1. The minimum atomic E-state index is -1.83. The molecule has 0 aromatic rings. The van der Waals surface area contributed by atoms with E-state index in [-0.39, 0.29) is 52.8 Å². The quantitative estimate of drug-likeness (QED) is 0.252. The van der Waals surface area contributed by atoms with E-state index >= 15 is 0 Å². The zero-order valence-corrected chi connectivity index (χ0v) is 7.32. The normalized spacial score (nSPS) is 3.88. The first kappa shape index (κ1) is 15.7. The molecule has 6 heteroatoms. The molecule has 5 nitrogen and oxygen atoms in total. The van der Waals surface area contributed by atoms with Gasteiger partial charge in [-0.3, -0.25) is 0 Å². The molecule has 0 aromatic carbocycles. The summed E-state index contributed by atoms with van der Waals surface area (Å²) >= 11 is 0. The van der Waals surface area contributed by atoms with Gasteiger partial charge < -0.3 is 16.7 Å². The molecule has 0 saturated heterocycles. The third kappa shape index (κ3) is 4340. The Morgan fingerprint density at radius 3 is 1.62 bits per heavy atom. The molecule has 0 bridgehead atoms. The van der Waals surface area contributed by atoms with Gasteiger partial charge >= 0.3 is 57.5 Å². The summed E-state index contributed by atoms with van der Waals surface area (Å²) in [5.74, 6) is 0. The standard InChI is InChI=1S/CHNO.CH2O3.K.H/c2-1-3;2-1(3)4;;/h3H;(H2,2,3,4);;/q;;+1;-1. The first-order chi connectivity index (χ1) is 3.15. The average Bonchev–Trinajstić information content (AvgIpc) is 1.33. The van der Waals surface area contributed by atoms with Crippen LogP contribution in [0.25, 0.3) is 0 Å². The topological polar surface area (TPSA) is 102 Å². The fraction of sp³-hybridized carbons (Fsp3) is 0. The Hall–Kier alpha value is 0.196. The molecule has 0 heterocycles. The van der Waals surface area contributed by atoms with Crippen LogP contribution in [0.15, 0.2) is 0 Å². The molecule has 42 valence electrons. The van der Waals surface area contributed by atoms with Crippen molar-refractivity contribution in [1.29, 1.82) is 5.26 Å². The predicted octanol–water partition coefficient (Wildman–Crippen LogP) is -2.82. The van der Waals surface area contributed by atoms with Crippen LogP contribution in [0.1, 0.15) is 1.43 Å². The summed E-state index contributed by atoms with van der Waals surface area (Å²) in [5.41, 5.74) is 0. The van der Waals surface area contributed by atoms with Crippen LogP contribution in [0, 0.1) is 11.5 Å². The molecule has 0 radical (unpaired) electrons. The fourth-order valence-corrected chi connectivity index (χ4v) is 0. The third-order valence-electron chi connectivity index (χ3n) is 0. The molecule has 0 unspecified atom stereocenters. The van der Waals surface area contributed by atoms with Crippen molar-refractivity contribution in [2.24, 2.45) is 0 Å². The van der Waals surface area contributed by atoms with Gasteiger partial charge in [-0.25, -0.2) is 4.79 Å². The largest absolute Gasteiger partial charge is 1.00 e. The summed E-state index contributed by atoms with van der Waals surface area (Å²) in [5, 5.41) is 27.7. The molecular weight excluding hydrogens is 141 g/mol. The van der Waals surface area contributed by atoms with Gasteiger partial charge in [0, 0.05) is 0 Å². The minimum absolute atomic E-state index is 0. The van der Waals surface area contributed by atoms with Crippen LogP contribution in [0.3, 0.4) is 0 Å². The van der Waals surface area contributed by atoms with Gasteiger partial charge in [-0.15, -0.1) is 0 Å². The summed E-state index contributed by atoms with van der Waals surface area (Å²) in [6.45, 7) is 0. The molecule has 0 aromatic heterocycles. The Bertz CT molecular complexity index is 87.1. The van der Waals surface area contributed by atoms with Crippen LogP contribution >= 0.6 is 0 Å². The SMILES string of the molecule is N#CO.O=C(O)O.[H-].[K+]. The fourth-order valence-electron chi connectivity index (χ4n) is 0. The number of carboxylic acid groups (broad SMARTS) is 2. The molecule has 0 rings (SSSR count). The monoisotopic (exact) mass is 145 g/mol. The van der Waals surface area contributed by atoms with Gasteiger partial charge in [0.1, 0.15) is 0 Å². The smallest absolute Gasteiger partial charge is 1.00 e. The minimum Gasteiger partial charge on any atom is -1.00 e. The Labute approximate surface area is 89.5 Å². The van der Waals surface area contributed by atoms with Crippen LogP contribution in [-0.2, 0) is 0 Å². The summed E-state index contributed by atoms with van der Waals surface area (Å²) in [6, 6.07) is 0. The van der Waals surface area contributed by atoms with Crippen molar-refractivity contribution in [2.45, 2.75) is 0 Å². The maximum absolute atomic E-state index is 8.56. The maximum atomic E-state index is 8.56. The van der Waals surface area contributed by atoms with Gasteiger partial charge in [0.2, 0.25) is 0 Å². The van der Waals surface area contributed by atoms with Crippen molar-refractivity contribution in [3.8, 4) is 6.26 Å². The van der Waals surface area contributed by atoms with Crippen molar-refractivity contribution in [1.82, 2.24) is 0 Å². The molecule has 0 amide bonds. The summed E-state index contributed by atoms with van der Waals surface area (Å²) < 4.78 is 0. The van der Waals surface area contributed by atoms with E-state index in [1.807, 2.05) is 0 Å². The van der Waals surface area contributed by atoms with E-state index in [1.165, 1.54) is 0 Å². The number of hydrogen-bond donors (Lipinski definition) is 3. The maximum Gasteiger partial charge on any atom is 1.00 e. The van der Waals surface area contributed by atoms with Crippen molar-refractivity contribution < 1.29 is 72.9 Å². The van der Waals surface area contributed by atoms with E-state index in [2.05, 4.69) is 0 Å². The first-order valence-electron chi connectivity index (χ1n) is 1.10. The van der Waals surface area contributed by atoms with Crippen molar-refractivity contribution in [2.75, 3.05) is 0 Å². The van der Waals surface area contributed by atoms with Crippen molar-refractivity contribution in [3.63, 3.8) is 0 Å². The zero-order chi connectivity index (χ0) is 6.28. The summed E-state index contributed by atoms with van der Waals surface area (Å²) in [7, 11) is 0. The van der Waals surface area contributed by atoms with E-state index in [9.17, 15) is 0 Å². The second-order valence-electron chi connectivity index (χ2n) is 0.383. The number of nitrogens with zero attached hydrogens (tertiary/aromatic N) is 1. The summed E-state index contributed by atoms with van der Waals surface area (Å²) in [6.07, 6.45) is -1.08. The zero-order valence-electron chi connectivity index (χ0n) is 5.20. The molecule has 0 fully saturated rings. The molecule has 3 N–H and O–H groups in total. The second-order valence-corrected chi connectivity index (χ2v) is 0.383. The van der Waals surface area contributed by atoms with Gasteiger partial charge in [-0.2, -0.15) is 5.26 Å². The molecule has 0 aliphatic carbocycles. The van der Waals surface area contributed by atoms with E-state index in [0.29, 0.717) is 0 Å². The van der Waals surface area contributed by atoms with E-state index in [4.69, 9.17) is 25.4 Å². The molecule has 0 aliphatic heterocycles. The van der Waals surface area contributed by atoms with E-state index in [1.54, 1.807) is 0 Å². The van der Waals surface area contributed by atoms with Crippen LogP contribution in [0.5, 0.6) is 0 Å². The Morgan fingerprint density at radius 1 is 1.62 bits per heavy atom. The number of carbonyl (C=O) groups is 1. The third-order valence-corrected chi connectivity index (χ3v) is 0. The van der Waals surface area contributed by atoms with Crippen LogP contribution < -0.4 is 51.4 Å². The van der Waals surface area contributed by atoms with Crippen molar-refractivity contribution in [3.05, 3.63) is 0 Å². The summed E-state index contributed by atoms with van der Waals surface area (Å²) in [4.78, 5) is 8.56. The average molecular weight is 145 g/mol. The molecule has 0 spiro atoms. The Kier molecular flexibility index (Phi) is 30.8. The Balaban J connectivity index is -0.0000000233. The Morgan fingerprint density at radius 2 is 1.62 bits per heavy atom. The van der Waals surface area contributed by atoms with Gasteiger partial charge in [0.05, 0.1) is 0 Å². The van der Waals surface area contributed by atoms with Crippen LogP contribution in [0.2, 0.25) is 0 Å². The number of nitriles is 1. The number of aliphatic hydroxyl groups excluding tert-OH is 1. The van der Waals surface area contributed by atoms with Gasteiger partial charge in [0.25, 0.3) is 6.26 Å².